The Bertz CT molecular complexity index is 687. The van der Waals surface area contributed by atoms with Gasteiger partial charge in [-0.1, -0.05) is 87.8 Å². The average Bonchev–Trinajstić information content (AvgIpc) is 2.80. The molecule has 0 bridgehead atoms. The monoisotopic (exact) mass is 470 g/mol. The lowest BCUT2D eigenvalue weighted by Crippen LogP contribution is -2.29. The number of anilines is 2. The van der Waals surface area contributed by atoms with Crippen molar-refractivity contribution in [2.45, 2.75) is 64.2 Å². The Balaban J connectivity index is 1.30. The molecule has 0 aliphatic rings. The van der Waals surface area contributed by atoms with Crippen molar-refractivity contribution < 1.29 is 0 Å². The van der Waals surface area contributed by atoms with Gasteiger partial charge >= 0.3 is 0 Å². The molecule has 0 unspecified atom stereocenters. The molecule has 0 spiro atoms. The predicted molar refractivity (Wildman–Crippen MR) is 148 cm³/mol. The van der Waals surface area contributed by atoms with Gasteiger partial charge in [-0.3, -0.25) is 0 Å². The van der Waals surface area contributed by atoms with Crippen molar-refractivity contribution in [3.63, 3.8) is 0 Å². The van der Waals surface area contributed by atoms with Crippen molar-refractivity contribution in [3.05, 3.63) is 60.7 Å². The summed E-state index contributed by atoms with van der Waals surface area (Å²) >= 11 is 10.7. The molecule has 32 heavy (non-hydrogen) atoms. The highest BCUT2D eigenvalue weighted by Gasteiger charge is 1.98. The van der Waals surface area contributed by atoms with Crippen LogP contribution < -0.4 is 21.3 Å². The molecule has 0 saturated carbocycles. The number of unbranched alkanes of at least 4 members (excludes halogenated alkanes) is 9. The van der Waals surface area contributed by atoms with Crippen LogP contribution in [0.4, 0.5) is 11.4 Å². The number of para-hydroxylation sites is 2. The third-order valence-electron chi connectivity index (χ3n) is 5.24. The van der Waals surface area contributed by atoms with Gasteiger partial charge in [0.1, 0.15) is 0 Å². The molecule has 6 heteroatoms. The van der Waals surface area contributed by atoms with E-state index >= 15 is 0 Å². The minimum absolute atomic E-state index is 0.709. The summed E-state index contributed by atoms with van der Waals surface area (Å²) in [6.45, 7) is 1.88. The third kappa shape index (κ3) is 13.3. The van der Waals surface area contributed by atoms with Gasteiger partial charge in [0.25, 0.3) is 0 Å². The highest BCUT2D eigenvalue weighted by molar-refractivity contribution is 7.80. The van der Waals surface area contributed by atoms with Crippen molar-refractivity contribution in [1.82, 2.24) is 10.6 Å². The number of hydrogen-bond acceptors (Lipinski definition) is 2. The van der Waals surface area contributed by atoms with Crippen LogP contribution in [0.3, 0.4) is 0 Å². The molecule has 4 N–H and O–H groups in total. The van der Waals surface area contributed by atoms with Gasteiger partial charge in [-0.15, -0.1) is 0 Å². The summed E-state index contributed by atoms with van der Waals surface area (Å²) in [6, 6.07) is 20.1. The van der Waals surface area contributed by atoms with Gasteiger partial charge < -0.3 is 21.3 Å². The van der Waals surface area contributed by atoms with E-state index in [1.165, 1.54) is 64.2 Å². The molecule has 4 nitrogen and oxygen atoms in total. The zero-order valence-electron chi connectivity index (χ0n) is 19.1. The minimum Gasteiger partial charge on any atom is -0.362 e. The lowest BCUT2D eigenvalue weighted by atomic mass is 10.1. The Kier molecular flexibility index (Phi) is 14.2. The normalized spacial score (nSPS) is 10.4. The largest absolute Gasteiger partial charge is 0.362 e. The van der Waals surface area contributed by atoms with Crippen molar-refractivity contribution in [3.8, 4) is 0 Å². The Hall–Kier alpha value is -2.18. The second kappa shape index (κ2) is 17.4. The lowest BCUT2D eigenvalue weighted by molar-refractivity contribution is 0.549. The van der Waals surface area contributed by atoms with Gasteiger partial charge in [-0.2, -0.15) is 0 Å². The van der Waals surface area contributed by atoms with Gasteiger partial charge in [-0.05, 0) is 61.5 Å². The molecule has 2 aromatic rings. The van der Waals surface area contributed by atoms with Crippen molar-refractivity contribution >= 4 is 46.0 Å². The fourth-order valence-corrected chi connectivity index (χ4v) is 3.90. The highest BCUT2D eigenvalue weighted by atomic mass is 32.1. The summed E-state index contributed by atoms with van der Waals surface area (Å²) in [5.41, 5.74) is 2.06. The van der Waals surface area contributed by atoms with Crippen LogP contribution in [0, 0.1) is 0 Å². The first kappa shape index (κ1) is 26.1. The fourth-order valence-electron chi connectivity index (χ4n) is 3.46. The Morgan fingerprint density at radius 3 is 1.12 bits per heavy atom. The van der Waals surface area contributed by atoms with Crippen LogP contribution in [-0.4, -0.2) is 23.3 Å². The molecular weight excluding hydrogens is 432 g/mol. The smallest absolute Gasteiger partial charge is 0.170 e. The maximum absolute atomic E-state index is 5.33. The molecule has 0 radical (unpaired) electrons. The summed E-state index contributed by atoms with van der Waals surface area (Å²) in [6.07, 6.45) is 12.9. The molecule has 0 atom stereocenters. The molecule has 0 aromatic heterocycles. The molecule has 2 aromatic carbocycles. The number of hydrogen-bond donors (Lipinski definition) is 4. The third-order valence-corrected chi connectivity index (χ3v) is 5.73. The van der Waals surface area contributed by atoms with E-state index in [0.29, 0.717) is 10.2 Å². The van der Waals surface area contributed by atoms with Gasteiger partial charge in [0.15, 0.2) is 10.2 Å². The van der Waals surface area contributed by atoms with Crippen LogP contribution in [0.1, 0.15) is 64.2 Å². The van der Waals surface area contributed by atoms with Gasteiger partial charge in [0.05, 0.1) is 0 Å². The van der Waals surface area contributed by atoms with Crippen molar-refractivity contribution in [2.75, 3.05) is 23.7 Å². The van der Waals surface area contributed by atoms with E-state index in [1.54, 1.807) is 0 Å². The second-order valence-electron chi connectivity index (χ2n) is 8.03. The van der Waals surface area contributed by atoms with Crippen LogP contribution in [0.2, 0.25) is 0 Å². The zero-order chi connectivity index (χ0) is 22.7. The molecule has 0 aliphatic carbocycles. The summed E-state index contributed by atoms with van der Waals surface area (Å²) in [5, 5.41) is 14.4. The first-order chi connectivity index (χ1) is 15.7. The summed E-state index contributed by atoms with van der Waals surface area (Å²) in [4.78, 5) is 0. The topological polar surface area (TPSA) is 48.1 Å². The maximum Gasteiger partial charge on any atom is 0.170 e. The van der Waals surface area contributed by atoms with E-state index in [-0.39, 0.29) is 0 Å². The van der Waals surface area contributed by atoms with Gasteiger partial charge in [-0.25, -0.2) is 0 Å². The zero-order valence-corrected chi connectivity index (χ0v) is 20.7. The number of rotatable bonds is 15. The first-order valence-electron chi connectivity index (χ1n) is 11.9. The molecule has 0 aliphatic heterocycles. The fraction of sp³-hybridized carbons (Fsp3) is 0.462. The van der Waals surface area contributed by atoms with E-state index < -0.39 is 0 Å². The summed E-state index contributed by atoms with van der Waals surface area (Å²) in [7, 11) is 0. The minimum atomic E-state index is 0.709. The highest BCUT2D eigenvalue weighted by Crippen LogP contribution is 2.11. The Morgan fingerprint density at radius 1 is 0.469 bits per heavy atom. The molecule has 0 fully saturated rings. The predicted octanol–water partition coefficient (Wildman–Crippen LogP) is 6.86. The van der Waals surface area contributed by atoms with Gasteiger partial charge in [0, 0.05) is 24.5 Å². The SMILES string of the molecule is S=C(NCCCCCCCCCCCCNC(=S)Nc1ccccc1)Nc1ccccc1. The van der Waals surface area contributed by atoms with E-state index in [9.17, 15) is 0 Å². The summed E-state index contributed by atoms with van der Waals surface area (Å²) < 4.78 is 0. The Morgan fingerprint density at radius 2 is 0.781 bits per heavy atom. The van der Waals surface area contributed by atoms with Crippen molar-refractivity contribution in [1.29, 1.82) is 0 Å². The number of thiocarbonyl (C=S) groups is 2. The Labute approximate surface area is 205 Å². The van der Waals surface area contributed by atoms with Crippen molar-refractivity contribution in [2.24, 2.45) is 0 Å². The lowest BCUT2D eigenvalue weighted by Gasteiger charge is -2.10. The molecule has 0 amide bonds. The molecule has 2 rings (SSSR count). The molecule has 174 valence electrons. The van der Waals surface area contributed by atoms with E-state index in [4.69, 9.17) is 24.4 Å². The number of nitrogens with one attached hydrogen (secondary N) is 4. The maximum atomic E-state index is 5.33. The first-order valence-corrected chi connectivity index (χ1v) is 12.8. The number of benzene rings is 2. The molecular formula is C26H38N4S2. The molecule has 0 heterocycles. The van der Waals surface area contributed by atoms with E-state index in [0.717, 1.165) is 24.5 Å². The van der Waals surface area contributed by atoms with E-state index in [1.807, 2.05) is 60.7 Å². The second-order valence-corrected chi connectivity index (χ2v) is 8.85. The van der Waals surface area contributed by atoms with Crippen LogP contribution in [-0.2, 0) is 0 Å². The van der Waals surface area contributed by atoms with Gasteiger partial charge in [0.2, 0.25) is 0 Å². The van der Waals surface area contributed by atoms with Crippen LogP contribution in [0.25, 0.3) is 0 Å². The average molecular weight is 471 g/mol. The van der Waals surface area contributed by atoms with Crippen LogP contribution in [0.15, 0.2) is 60.7 Å². The standard InChI is InChI=1S/C26H38N4S2/c31-25(29-23-17-11-9-12-18-23)27-21-15-7-5-3-1-2-4-6-8-16-22-28-26(32)30-24-19-13-10-14-20-24/h9-14,17-20H,1-8,15-16,21-22H2,(H2,27,29,31)(H2,28,30,32). The van der Waals surface area contributed by atoms with E-state index in [2.05, 4.69) is 21.3 Å². The van der Waals surface area contributed by atoms with Crippen LogP contribution >= 0.6 is 24.4 Å². The summed E-state index contributed by atoms with van der Waals surface area (Å²) in [5.74, 6) is 0. The molecule has 0 saturated heterocycles. The quantitative estimate of drug-likeness (QED) is 0.168. The van der Waals surface area contributed by atoms with Crippen LogP contribution in [0.5, 0.6) is 0 Å².